The lowest BCUT2D eigenvalue weighted by molar-refractivity contribution is 0.112. The van der Waals surface area contributed by atoms with Gasteiger partial charge in [0.25, 0.3) is 0 Å². The standard InChI is InChI=1S/C17H28O/c1-13(2)16-12-11-15(4)8-5-7-14(3)9-6-10-17(16)18/h8-9,16-18H,1,5-7,10-12H2,2-4H3/b14-9-,15-8-. The zero-order chi connectivity index (χ0) is 13.5. The van der Waals surface area contributed by atoms with Crippen molar-refractivity contribution in [2.45, 2.75) is 65.4 Å². The van der Waals surface area contributed by atoms with Crippen LogP contribution in [0.1, 0.15) is 59.3 Å². The molecular formula is C17H28O. The van der Waals surface area contributed by atoms with E-state index in [1.54, 1.807) is 0 Å². The number of hydrogen-bond acceptors (Lipinski definition) is 1. The molecule has 0 heterocycles. The molecule has 0 saturated heterocycles. The van der Waals surface area contributed by atoms with Gasteiger partial charge in [-0.15, -0.1) is 0 Å². The molecule has 0 radical (unpaired) electrons. The van der Waals surface area contributed by atoms with E-state index >= 15 is 0 Å². The first kappa shape index (κ1) is 15.2. The lowest BCUT2D eigenvalue weighted by Gasteiger charge is -2.23. The van der Waals surface area contributed by atoms with Gasteiger partial charge < -0.3 is 5.11 Å². The summed E-state index contributed by atoms with van der Waals surface area (Å²) in [6, 6.07) is 0. The number of allylic oxidation sites excluding steroid dienone is 4. The summed E-state index contributed by atoms with van der Waals surface area (Å²) in [5.41, 5.74) is 4.01. The fourth-order valence-electron chi connectivity index (χ4n) is 2.60. The van der Waals surface area contributed by atoms with Crippen molar-refractivity contribution in [1.29, 1.82) is 0 Å². The van der Waals surface area contributed by atoms with Crippen LogP contribution >= 0.6 is 0 Å². The van der Waals surface area contributed by atoms with Gasteiger partial charge in [-0.2, -0.15) is 0 Å². The highest BCUT2D eigenvalue weighted by molar-refractivity contribution is 5.07. The predicted molar refractivity (Wildman–Crippen MR) is 79.5 cm³/mol. The van der Waals surface area contributed by atoms with Crippen LogP contribution in [0.5, 0.6) is 0 Å². The van der Waals surface area contributed by atoms with Crippen molar-refractivity contribution in [3.63, 3.8) is 0 Å². The Morgan fingerprint density at radius 1 is 1.11 bits per heavy atom. The first-order valence-corrected chi connectivity index (χ1v) is 7.15. The second kappa shape index (κ2) is 7.58. The number of hydrogen-bond donors (Lipinski definition) is 1. The molecule has 1 nitrogen and oxygen atoms in total. The first-order valence-electron chi connectivity index (χ1n) is 7.15. The summed E-state index contributed by atoms with van der Waals surface area (Å²) in [7, 11) is 0. The Morgan fingerprint density at radius 2 is 1.72 bits per heavy atom. The van der Waals surface area contributed by atoms with Crippen molar-refractivity contribution >= 4 is 0 Å². The number of rotatable bonds is 1. The lowest BCUT2D eigenvalue weighted by atomic mass is 9.86. The highest BCUT2D eigenvalue weighted by Crippen LogP contribution is 2.26. The van der Waals surface area contributed by atoms with Crippen LogP contribution in [-0.4, -0.2) is 11.2 Å². The molecular weight excluding hydrogens is 220 g/mol. The van der Waals surface area contributed by atoms with E-state index in [0.29, 0.717) is 0 Å². The molecule has 0 fully saturated rings. The van der Waals surface area contributed by atoms with Gasteiger partial charge in [-0.25, -0.2) is 0 Å². The second-order valence-corrected chi connectivity index (χ2v) is 5.78. The van der Waals surface area contributed by atoms with Gasteiger partial charge in [0.05, 0.1) is 6.10 Å². The van der Waals surface area contributed by atoms with E-state index in [2.05, 4.69) is 32.6 Å². The third-order valence-corrected chi connectivity index (χ3v) is 3.93. The molecule has 0 bridgehead atoms. The fraction of sp³-hybridized carbons (Fsp3) is 0.647. The highest BCUT2D eigenvalue weighted by Gasteiger charge is 2.19. The van der Waals surface area contributed by atoms with Crippen molar-refractivity contribution in [2.24, 2.45) is 5.92 Å². The van der Waals surface area contributed by atoms with Gasteiger partial charge in [-0.1, -0.05) is 35.5 Å². The van der Waals surface area contributed by atoms with Gasteiger partial charge in [0, 0.05) is 5.92 Å². The quantitative estimate of drug-likeness (QED) is 0.662. The summed E-state index contributed by atoms with van der Waals surface area (Å²) in [6.45, 7) is 10.5. The van der Waals surface area contributed by atoms with Gasteiger partial charge in [-0.3, -0.25) is 0 Å². The van der Waals surface area contributed by atoms with E-state index in [9.17, 15) is 5.11 Å². The van der Waals surface area contributed by atoms with Crippen molar-refractivity contribution < 1.29 is 5.11 Å². The Balaban J connectivity index is 2.76. The summed E-state index contributed by atoms with van der Waals surface area (Å²) in [6.07, 6.45) is 10.6. The maximum atomic E-state index is 10.3. The molecule has 0 aromatic rings. The maximum Gasteiger partial charge on any atom is 0.0608 e. The predicted octanol–water partition coefficient (Wildman–Crippen LogP) is 4.79. The van der Waals surface area contributed by atoms with Crippen LogP contribution in [-0.2, 0) is 0 Å². The highest BCUT2D eigenvalue weighted by atomic mass is 16.3. The molecule has 1 rings (SSSR count). The van der Waals surface area contributed by atoms with E-state index in [1.807, 2.05) is 6.92 Å². The average molecular weight is 248 g/mol. The van der Waals surface area contributed by atoms with Crippen molar-refractivity contribution in [3.8, 4) is 0 Å². The summed E-state index contributed by atoms with van der Waals surface area (Å²) >= 11 is 0. The normalized spacial score (nSPS) is 33.3. The van der Waals surface area contributed by atoms with Gasteiger partial charge in [0.1, 0.15) is 0 Å². The Hall–Kier alpha value is -0.820. The fourth-order valence-corrected chi connectivity index (χ4v) is 2.60. The minimum absolute atomic E-state index is 0.237. The van der Waals surface area contributed by atoms with Crippen LogP contribution in [0.2, 0.25) is 0 Å². The summed E-state index contributed by atoms with van der Waals surface area (Å²) < 4.78 is 0. The molecule has 0 saturated carbocycles. The third-order valence-electron chi connectivity index (χ3n) is 3.93. The van der Waals surface area contributed by atoms with E-state index in [4.69, 9.17) is 0 Å². The zero-order valence-corrected chi connectivity index (χ0v) is 12.2. The van der Waals surface area contributed by atoms with Gasteiger partial charge in [0.2, 0.25) is 0 Å². The largest absolute Gasteiger partial charge is 0.392 e. The SMILES string of the molecule is C=C(C)C1CC/C(C)=C\CC/C(C)=C\CCC1O. The Kier molecular flexibility index (Phi) is 6.42. The summed E-state index contributed by atoms with van der Waals surface area (Å²) in [4.78, 5) is 0. The van der Waals surface area contributed by atoms with Crippen LogP contribution in [0.15, 0.2) is 35.5 Å². The Labute approximate surface area is 112 Å². The minimum atomic E-state index is -0.237. The van der Waals surface area contributed by atoms with Crippen molar-refractivity contribution in [3.05, 3.63) is 35.5 Å². The number of aliphatic hydroxyl groups is 1. The monoisotopic (exact) mass is 248 g/mol. The van der Waals surface area contributed by atoms with E-state index in [0.717, 1.165) is 44.1 Å². The van der Waals surface area contributed by atoms with Crippen LogP contribution in [0.25, 0.3) is 0 Å². The Bertz CT molecular complexity index is 336. The molecule has 0 aromatic heterocycles. The summed E-state index contributed by atoms with van der Waals surface area (Å²) in [5, 5.41) is 10.3. The van der Waals surface area contributed by atoms with Gasteiger partial charge >= 0.3 is 0 Å². The summed E-state index contributed by atoms with van der Waals surface area (Å²) in [5.74, 6) is 0.251. The van der Waals surface area contributed by atoms with Crippen LogP contribution in [0.3, 0.4) is 0 Å². The molecule has 2 atom stereocenters. The maximum absolute atomic E-state index is 10.3. The minimum Gasteiger partial charge on any atom is -0.392 e. The smallest absolute Gasteiger partial charge is 0.0608 e. The molecule has 1 aliphatic carbocycles. The van der Waals surface area contributed by atoms with Crippen LogP contribution < -0.4 is 0 Å². The van der Waals surface area contributed by atoms with E-state index in [-0.39, 0.29) is 12.0 Å². The molecule has 0 amide bonds. The zero-order valence-electron chi connectivity index (χ0n) is 12.2. The van der Waals surface area contributed by atoms with Crippen LogP contribution in [0.4, 0.5) is 0 Å². The van der Waals surface area contributed by atoms with Crippen LogP contribution in [0, 0.1) is 5.92 Å². The van der Waals surface area contributed by atoms with E-state index < -0.39 is 0 Å². The molecule has 0 aliphatic heterocycles. The van der Waals surface area contributed by atoms with Gasteiger partial charge in [-0.05, 0) is 59.3 Å². The number of aliphatic hydroxyl groups excluding tert-OH is 1. The molecule has 1 aliphatic rings. The second-order valence-electron chi connectivity index (χ2n) is 5.78. The van der Waals surface area contributed by atoms with Gasteiger partial charge in [0.15, 0.2) is 0 Å². The first-order chi connectivity index (χ1) is 8.50. The third kappa shape index (κ3) is 5.22. The van der Waals surface area contributed by atoms with Crippen molar-refractivity contribution in [2.75, 3.05) is 0 Å². The molecule has 1 N–H and O–H groups in total. The lowest BCUT2D eigenvalue weighted by Crippen LogP contribution is -2.21. The van der Waals surface area contributed by atoms with E-state index in [1.165, 1.54) is 11.1 Å². The molecule has 102 valence electrons. The topological polar surface area (TPSA) is 20.2 Å². The molecule has 1 heteroatoms. The molecule has 18 heavy (non-hydrogen) atoms. The van der Waals surface area contributed by atoms with Crippen molar-refractivity contribution in [1.82, 2.24) is 0 Å². The average Bonchev–Trinajstić information content (AvgIpc) is 2.27. The molecule has 2 unspecified atom stereocenters. The molecule has 0 aromatic carbocycles. The Morgan fingerprint density at radius 3 is 2.39 bits per heavy atom. The molecule has 0 spiro atoms.